The third-order valence-corrected chi connectivity index (χ3v) is 31.1. The van der Waals surface area contributed by atoms with Gasteiger partial charge < -0.3 is 68.0 Å². The number of aryl methyl sites for hydroxylation is 3. The molecule has 44 nitrogen and oxygen atoms in total. The molecule has 9 atom stereocenters. The van der Waals surface area contributed by atoms with Gasteiger partial charge in [0, 0.05) is 87.1 Å². The number of hydrazone groups is 2. The maximum atomic E-state index is 13.7. The second-order valence-corrected chi connectivity index (χ2v) is 38.8. The molecule has 5 aromatic rings. The fraction of sp³-hybridized carbons (Fsp3) is 0.461. The summed E-state index contributed by atoms with van der Waals surface area (Å²) in [5.74, 6) is -4.40. The highest BCUT2D eigenvalue weighted by molar-refractivity contribution is 8.03. The number of halogens is 1. The van der Waals surface area contributed by atoms with E-state index in [4.69, 9.17) is 79.5 Å². The number of hydrogen-bond donors (Lipinski definition) is 3. The SMILES string of the molecule is Cl.[B]OC(=O)C1(O/N=C(\C(=O)CC2C(=O)N3C[C@@](C(=O)O[B])(N4CCN(/N=C/c5ccccc5)C4=O)S[C@H]23)c2csc(C)n2)CCC1.[B]OC(=O)C1(O/N=C(\C(=O)CC2C(=O)N3C[C@@](C(=O)O[B])(N4CCN(N)C4=O)S[C@H]23)c2csc(C)n2)CCC1.[B]OC(=O)C1(O/N=C(\C(=O)O)c2csc(C)n2)CCC1.[B]OC(=O)[C@@]1(N2CCN(/N=C/c3ccccc3)C2=O)CN2C(=O)C(N)[C@H]2S1. The number of urea groups is 3. The summed E-state index contributed by atoms with van der Waals surface area (Å²) in [6.07, 6.45) is 6.65. The zero-order valence-electron chi connectivity index (χ0n) is 70.6. The minimum atomic E-state index is -1.65. The largest absolute Gasteiger partial charge is 0.541 e. The number of fused-ring (bicyclic) bond motifs is 3. The van der Waals surface area contributed by atoms with E-state index in [9.17, 15) is 71.9 Å². The number of Topliss-reactive ketones (excluding diaryl/α,β-unsaturated/α-hetero) is 2. The van der Waals surface area contributed by atoms with E-state index in [0.29, 0.717) is 72.9 Å². The van der Waals surface area contributed by atoms with Crippen molar-refractivity contribution in [2.75, 3.05) is 58.9 Å². The van der Waals surface area contributed by atoms with E-state index in [-0.39, 0.29) is 135 Å². The molecule has 17 rings (SSSR count). The standard InChI is InChI=1S/C28H26B2N6O8S2.C21H22B2N6O8S2.C16H16BN5O4S.C11H11BN2O5S.ClH/c1-16-32-19(14-45-16)21(33-44-27(8-5-9-27)24(39)42-29)20(37)12-18-22(38)34-15-28(25(40)43-30,46-23(18)34)35-10-11-36(26(35)41)31-13-17-6-3-2-4-7-17;1-10-25-12(8-38-10)14(26-37-20(3-2-4-20)17(32)35-22)13(30)7-11-15(31)27-9-21(18(33)36-23,39-16(11)27)28-5-6-29(24)19(28)34;17-26-14(24)16(9-20-12(23)11(18)13(20)27-16)21-6-7-22(15(21)25)19-8-10-4-2-1-3-5-10;1-6-13-7(5-20-6)8(9(15)16)14-19-11(3-2-4-11)10(17)18-12;/h2-4,6-7,13-14,18,23H,5,8-12,15H2,1H3;8,11,16H,2-7,9,24H2,1H3;1-5,8,11,13H,6-7,9,18H2;5H,2-4H2,1H3,(H,15,16);1H/b31-13+,33-21-;26-14-;19-8+;14-8-;/t18?,23-,28-;11?,16-,21-;11?,13-,16-;;/m111../s1. The number of amides is 9. The average Bonchev–Trinajstić information content (AvgIpc) is 1.55. The molecule has 3 aromatic heterocycles. The third-order valence-electron chi connectivity index (χ3n) is 23.7. The minimum Gasteiger partial charge on any atom is -0.541 e. The molecule has 3 unspecified atom stereocenters. The Labute approximate surface area is 795 Å². The molecule has 9 saturated heterocycles. The van der Waals surface area contributed by atoms with Crippen LogP contribution in [0.1, 0.15) is 114 Å². The molecule has 5 N–H and O–H groups in total. The molecule has 0 spiro atoms. The second kappa shape index (κ2) is 40.8. The van der Waals surface area contributed by atoms with Crippen molar-refractivity contribution < 1.29 is 119 Å². The Morgan fingerprint density at radius 1 is 0.451 bits per heavy atom. The lowest BCUT2D eigenvalue weighted by molar-refractivity contribution is -0.175. The molecular formula is C76H76B6ClN19O25S6. The number of β-lactam (4-membered cyclic amide) rings is 3. The fourth-order valence-electron chi connectivity index (χ4n) is 15.9. The molecule has 133 heavy (non-hydrogen) atoms. The topological polar surface area (TPSA) is 541 Å². The molecule has 2 aromatic carbocycles. The number of oxime groups is 3. The van der Waals surface area contributed by atoms with E-state index >= 15 is 0 Å². The number of aromatic nitrogens is 3. The Bertz CT molecular complexity index is 5590. The Hall–Kier alpha value is -11.4. The van der Waals surface area contributed by atoms with Gasteiger partial charge in [0.2, 0.25) is 54.8 Å². The predicted molar refractivity (Wildman–Crippen MR) is 479 cm³/mol. The number of carboxylic acids is 1. The summed E-state index contributed by atoms with van der Waals surface area (Å²) in [7, 11) is 30.6. The molecule has 9 aliphatic heterocycles. The van der Waals surface area contributed by atoms with Gasteiger partial charge in [0.05, 0.1) is 89.3 Å². The maximum Gasteiger partial charge on any atom is 0.378 e. The Morgan fingerprint density at radius 3 is 1.06 bits per heavy atom. The van der Waals surface area contributed by atoms with Crippen molar-refractivity contribution in [2.45, 2.75) is 145 Å². The van der Waals surface area contributed by atoms with Crippen LogP contribution in [0, 0.1) is 32.6 Å². The number of nitrogens with two attached hydrogens (primary N) is 2. The number of hydrogen-bond acceptors (Lipinski definition) is 40. The van der Waals surface area contributed by atoms with Crippen LogP contribution in [0.15, 0.2) is 102 Å². The number of rotatable bonds is 29. The Morgan fingerprint density at radius 2 is 0.767 bits per heavy atom. The quantitative estimate of drug-likeness (QED) is 0.0150. The first-order chi connectivity index (χ1) is 63.1. The van der Waals surface area contributed by atoms with Crippen molar-refractivity contribution in [3.63, 3.8) is 0 Å². The van der Waals surface area contributed by atoms with Crippen LogP contribution in [0.5, 0.6) is 0 Å². The van der Waals surface area contributed by atoms with Gasteiger partial charge in [-0.2, -0.15) is 10.2 Å². The van der Waals surface area contributed by atoms with Crippen LogP contribution in [0.3, 0.4) is 0 Å². The summed E-state index contributed by atoms with van der Waals surface area (Å²) in [6, 6.07) is 16.2. The summed E-state index contributed by atoms with van der Waals surface area (Å²) in [4.78, 5) is 222. The number of nitrogens with zero attached hydrogens (tertiary/aromatic N) is 17. The van der Waals surface area contributed by atoms with Crippen LogP contribution in [0.25, 0.3) is 0 Å². The van der Waals surface area contributed by atoms with Crippen LogP contribution in [0.2, 0.25) is 0 Å². The molecule has 12 aliphatic rings. The van der Waals surface area contributed by atoms with Gasteiger partial charge in [-0.25, -0.2) is 64.4 Å². The van der Waals surface area contributed by atoms with Crippen molar-refractivity contribution in [2.24, 2.45) is 49.1 Å². The van der Waals surface area contributed by atoms with E-state index in [2.05, 4.69) is 68.5 Å². The predicted octanol–water partition coefficient (Wildman–Crippen LogP) is 1.00. The number of carboxylic acid groups (broad SMARTS) is 1. The van der Waals surface area contributed by atoms with Gasteiger partial charge in [0.25, 0.3) is 0 Å². The second-order valence-electron chi connectivity index (χ2n) is 31.5. The molecule has 12 radical (unpaired) electrons. The number of hydrazine groups is 1. The van der Waals surface area contributed by atoms with Gasteiger partial charge in [-0.15, -0.1) is 46.4 Å². The van der Waals surface area contributed by atoms with Crippen molar-refractivity contribution in [3.05, 3.63) is 120 Å². The Balaban J connectivity index is 0.000000157. The van der Waals surface area contributed by atoms with Crippen LogP contribution >= 0.6 is 81.7 Å². The van der Waals surface area contributed by atoms with Gasteiger partial charge in [-0.1, -0.05) is 111 Å². The first-order valence-electron chi connectivity index (χ1n) is 40.4. The molecular weight excluding hydrogens is 1870 g/mol. The number of benzene rings is 2. The number of thioether (sulfide) groups is 3. The normalized spacial score (nSPS) is 25.5. The lowest BCUT2D eigenvalue weighted by atomic mass is 9.80. The smallest absolute Gasteiger partial charge is 0.378 e. The van der Waals surface area contributed by atoms with Crippen molar-refractivity contribution in [1.82, 2.24) is 59.4 Å². The summed E-state index contributed by atoms with van der Waals surface area (Å²) in [6.45, 7) is 6.05. The van der Waals surface area contributed by atoms with E-state index in [1.807, 2.05) is 60.7 Å². The molecule has 0 bridgehead atoms. The molecule has 9 amide bonds. The van der Waals surface area contributed by atoms with Gasteiger partial charge in [-0.05, 0) is 51.2 Å². The van der Waals surface area contributed by atoms with Gasteiger partial charge in [0.15, 0.2) is 23.0 Å². The van der Waals surface area contributed by atoms with Crippen molar-refractivity contribution in [1.29, 1.82) is 0 Å². The molecule has 12 heterocycles. The molecule has 57 heteroatoms. The summed E-state index contributed by atoms with van der Waals surface area (Å²) in [5.41, 5.74) is 3.33. The van der Waals surface area contributed by atoms with Crippen LogP contribution < -0.4 is 11.6 Å². The molecule has 12 fully saturated rings. The van der Waals surface area contributed by atoms with Crippen molar-refractivity contribution >= 4 is 249 Å². The van der Waals surface area contributed by atoms with Crippen LogP contribution in [-0.2, 0) is 100.0 Å². The summed E-state index contributed by atoms with van der Waals surface area (Å²) < 4.78 is 26.5. The highest BCUT2D eigenvalue weighted by Gasteiger charge is 2.70. The average molecular weight is 1950 g/mol. The monoisotopic (exact) mass is 1950 g/mol. The van der Waals surface area contributed by atoms with E-state index < -0.39 is 131 Å². The van der Waals surface area contributed by atoms with Gasteiger partial charge >= 0.3 is 108 Å². The minimum absolute atomic E-state index is 0. The zero-order chi connectivity index (χ0) is 94.7. The molecule has 3 saturated carbocycles. The van der Waals surface area contributed by atoms with Crippen LogP contribution in [-0.4, -0.2) is 344 Å². The summed E-state index contributed by atoms with van der Waals surface area (Å²) >= 11 is 7.02. The molecule has 3 aliphatic carbocycles. The molecule has 686 valence electrons. The van der Waals surface area contributed by atoms with Gasteiger partial charge in [0.1, 0.15) is 28.5 Å². The fourth-order valence-corrected chi connectivity index (χ4v) is 22.8. The van der Waals surface area contributed by atoms with E-state index in [1.165, 1.54) is 79.6 Å². The zero-order valence-corrected chi connectivity index (χ0v) is 76.3. The third kappa shape index (κ3) is 19.0. The Kier molecular flexibility index (Phi) is 30.4. The highest BCUT2D eigenvalue weighted by atomic mass is 35.5. The van der Waals surface area contributed by atoms with Crippen molar-refractivity contribution in [3.8, 4) is 0 Å². The number of carbonyl (C=O) groups excluding carboxylic acids is 14. The lowest BCUT2D eigenvalue weighted by Crippen LogP contribution is -2.65. The maximum absolute atomic E-state index is 13.7. The lowest BCUT2D eigenvalue weighted by Gasteiger charge is -2.41. The number of ketones is 2. The van der Waals surface area contributed by atoms with E-state index in [0.717, 1.165) is 57.8 Å². The number of carbonyl (C=O) groups is 15. The highest BCUT2D eigenvalue weighted by Crippen LogP contribution is 2.56. The van der Waals surface area contributed by atoms with Crippen LogP contribution in [0.4, 0.5) is 14.4 Å². The number of aliphatic carboxylic acids is 1. The first kappa shape index (κ1) is 99.1. The number of thiazole rings is 3. The van der Waals surface area contributed by atoms with E-state index in [1.54, 1.807) is 43.1 Å². The first-order valence-corrected chi connectivity index (χ1v) is 45.7. The van der Waals surface area contributed by atoms with Gasteiger partial charge in [-0.3, -0.25) is 58.1 Å². The summed E-state index contributed by atoms with van der Waals surface area (Å²) in [5, 5.41) is 37.9.